The van der Waals surface area contributed by atoms with Gasteiger partial charge in [0.2, 0.25) is 11.8 Å². The molecule has 2 aliphatic rings. The summed E-state index contributed by atoms with van der Waals surface area (Å²) in [5, 5.41) is 6.42. The summed E-state index contributed by atoms with van der Waals surface area (Å²) >= 11 is 0. The summed E-state index contributed by atoms with van der Waals surface area (Å²) in [4.78, 5) is 26.9. The van der Waals surface area contributed by atoms with Gasteiger partial charge in [-0.1, -0.05) is 29.8 Å². The molecule has 2 N–H and O–H groups in total. The van der Waals surface area contributed by atoms with Gasteiger partial charge in [0.1, 0.15) is 0 Å². The molecule has 0 saturated carbocycles. The van der Waals surface area contributed by atoms with E-state index in [1.54, 1.807) is 0 Å². The van der Waals surface area contributed by atoms with Crippen molar-refractivity contribution >= 4 is 24.2 Å². The number of carbonyl (C=O) groups is 2. The lowest BCUT2D eigenvalue weighted by Crippen LogP contribution is -2.43. The molecule has 3 rings (SSSR count). The number of nitrogens with zero attached hydrogens (tertiary/aromatic N) is 1. The number of hydrogen-bond donors (Lipinski definition) is 2. The van der Waals surface area contributed by atoms with E-state index in [9.17, 15) is 9.59 Å². The second-order valence-electron chi connectivity index (χ2n) is 8.09. The molecule has 156 valence electrons. The van der Waals surface area contributed by atoms with Gasteiger partial charge in [-0.05, 0) is 63.6 Å². The summed E-state index contributed by atoms with van der Waals surface area (Å²) < 4.78 is 0. The lowest BCUT2D eigenvalue weighted by Gasteiger charge is -2.32. The fourth-order valence-corrected chi connectivity index (χ4v) is 4.09. The number of halogens is 1. The Labute approximate surface area is 175 Å². The number of likely N-dealkylation sites (tertiary alicyclic amines) is 1. The van der Waals surface area contributed by atoms with Crippen molar-refractivity contribution in [2.24, 2.45) is 11.8 Å². The average molecular weight is 408 g/mol. The summed E-state index contributed by atoms with van der Waals surface area (Å²) in [7, 11) is 0. The number of hydrogen-bond acceptors (Lipinski definition) is 3. The van der Waals surface area contributed by atoms with Crippen LogP contribution in [-0.2, 0) is 16.1 Å². The van der Waals surface area contributed by atoms with Gasteiger partial charge in [-0.25, -0.2) is 0 Å². The molecule has 0 aromatic heterocycles. The van der Waals surface area contributed by atoms with Crippen LogP contribution in [0.25, 0.3) is 0 Å². The molecular formula is C22H34ClN3O2. The van der Waals surface area contributed by atoms with Gasteiger partial charge in [-0.3, -0.25) is 9.59 Å². The van der Waals surface area contributed by atoms with Crippen LogP contribution in [0.3, 0.4) is 0 Å². The highest BCUT2D eigenvalue weighted by molar-refractivity contribution is 5.85. The standard InChI is InChI=1S/C22H33N3O2.ClH/c1-17-2-4-19(5-3-17)16-24-22(27)20-10-14-25(15-11-20)21(26)7-6-18-8-12-23-13-9-18;/h2-5,18,20,23H,6-16H2,1H3,(H,24,27);1H. The molecule has 0 unspecified atom stereocenters. The van der Waals surface area contributed by atoms with Crippen molar-refractivity contribution in [3.05, 3.63) is 35.4 Å². The Morgan fingerprint density at radius 3 is 2.36 bits per heavy atom. The Balaban J connectivity index is 0.00000280. The van der Waals surface area contributed by atoms with Crippen LogP contribution in [0.2, 0.25) is 0 Å². The smallest absolute Gasteiger partial charge is 0.223 e. The van der Waals surface area contributed by atoms with Crippen molar-refractivity contribution in [1.82, 2.24) is 15.5 Å². The van der Waals surface area contributed by atoms with E-state index in [0.29, 0.717) is 32.0 Å². The van der Waals surface area contributed by atoms with Gasteiger partial charge in [0, 0.05) is 32.0 Å². The van der Waals surface area contributed by atoms with Crippen molar-refractivity contribution < 1.29 is 9.59 Å². The van der Waals surface area contributed by atoms with Gasteiger partial charge in [0.05, 0.1) is 0 Å². The van der Waals surface area contributed by atoms with Crippen LogP contribution in [0.4, 0.5) is 0 Å². The Kier molecular flexibility index (Phi) is 9.26. The molecule has 2 amide bonds. The Morgan fingerprint density at radius 2 is 1.71 bits per heavy atom. The molecule has 28 heavy (non-hydrogen) atoms. The van der Waals surface area contributed by atoms with Crippen LogP contribution in [0.5, 0.6) is 0 Å². The highest BCUT2D eigenvalue weighted by Gasteiger charge is 2.27. The van der Waals surface area contributed by atoms with Crippen LogP contribution in [0.1, 0.15) is 49.7 Å². The van der Waals surface area contributed by atoms with Gasteiger partial charge in [-0.15, -0.1) is 12.4 Å². The van der Waals surface area contributed by atoms with Gasteiger partial charge in [-0.2, -0.15) is 0 Å². The molecule has 0 radical (unpaired) electrons. The first-order valence-corrected chi connectivity index (χ1v) is 10.4. The van der Waals surface area contributed by atoms with E-state index in [2.05, 4.69) is 41.8 Å². The predicted octanol–water partition coefficient (Wildman–Crippen LogP) is 3.05. The van der Waals surface area contributed by atoms with Gasteiger partial charge in [0.25, 0.3) is 0 Å². The molecule has 0 spiro atoms. The zero-order chi connectivity index (χ0) is 19.1. The third-order valence-corrected chi connectivity index (χ3v) is 6.03. The minimum Gasteiger partial charge on any atom is -0.352 e. The van der Waals surface area contributed by atoms with E-state index in [1.807, 2.05) is 4.90 Å². The van der Waals surface area contributed by atoms with Crippen molar-refractivity contribution in [2.75, 3.05) is 26.2 Å². The maximum Gasteiger partial charge on any atom is 0.223 e. The van der Waals surface area contributed by atoms with Crippen LogP contribution in [0.15, 0.2) is 24.3 Å². The van der Waals surface area contributed by atoms with Crippen molar-refractivity contribution in [1.29, 1.82) is 0 Å². The summed E-state index contributed by atoms with van der Waals surface area (Å²) in [6, 6.07) is 8.24. The molecule has 5 nitrogen and oxygen atoms in total. The summed E-state index contributed by atoms with van der Waals surface area (Å²) in [5.41, 5.74) is 2.35. The molecule has 0 bridgehead atoms. The first-order valence-electron chi connectivity index (χ1n) is 10.4. The number of amides is 2. The number of nitrogens with one attached hydrogen (secondary N) is 2. The van der Waals surface area contributed by atoms with Crippen LogP contribution in [-0.4, -0.2) is 42.9 Å². The highest BCUT2D eigenvalue weighted by Crippen LogP contribution is 2.21. The van der Waals surface area contributed by atoms with Crippen LogP contribution < -0.4 is 10.6 Å². The Morgan fingerprint density at radius 1 is 1.07 bits per heavy atom. The average Bonchev–Trinajstić information content (AvgIpc) is 2.72. The molecule has 2 aliphatic heterocycles. The van der Waals surface area contributed by atoms with E-state index in [-0.39, 0.29) is 30.1 Å². The normalized spacial score (nSPS) is 18.4. The molecule has 0 atom stereocenters. The van der Waals surface area contributed by atoms with Gasteiger partial charge >= 0.3 is 0 Å². The topological polar surface area (TPSA) is 61.4 Å². The Bertz CT molecular complexity index is 621. The third kappa shape index (κ3) is 6.78. The molecule has 1 aromatic carbocycles. The van der Waals surface area contributed by atoms with E-state index < -0.39 is 0 Å². The number of benzene rings is 1. The van der Waals surface area contributed by atoms with E-state index in [4.69, 9.17) is 0 Å². The van der Waals surface area contributed by atoms with E-state index >= 15 is 0 Å². The molecule has 2 saturated heterocycles. The summed E-state index contributed by atoms with van der Waals surface area (Å²) in [5.74, 6) is 1.12. The quantitative estimate of drug-likeness (QED) is 0.761. The number of piperidine rings is 2. The molecule has 0 aliphatic carbocycles. The van der Waals surface area contributed by atoms with Crippen LogP contribution >= 0.6 is 12.4 Å². The zero-order valence-electron chi connectivity index (χ0n) is 16.9. The SMILES string of the molecule is Cc1ccc(CNC(=O)C2CCN(C(=O)CCC3CCNCC3)CC2)cc1.Cl. The predicted molar refractivity (Wildman–Crippen MR) is 114 cm³/mol. The number of rotatable bonds is 6. The molecule has 2 fully saturated rings. The highest BCUT2D eigenvalue weighted by atomic mass is 35.5. The fraction of sp³-hybridized carbons (Fsp3) is 0.636. The number of aryl methyl sites for hydroxylation is 1. The Hall–Kier alpha value is -1.59. The summed E-state index contributed by atoms with van der Waals surface area (Å²) in [6.45, 7) is 6.24. The fourth-order valence-electron chi connectivity index (χ4n) is 4.09. The molecule has 2 heterocycles. The minimum absolute atomic E-state index is 0. The first kappa shape index (κ1) is 22.7. The van der Waals surface area contributed by atoms with Crippen molar-refractivity contribution in [2.45, 2.75) is 52.0 Å². The monoisotopic (exact) mass is 407 g/mol. The molecule has 6 heteroatoms. The minimum atomic E-state index is 0. The largest absolute Gasteiger partial charge is 0.352 e. The molecule has 1 aromatic rings. The number of carbonyl (C=O) groups excluding carboxylic acids is 2. The van der Waals surface area contributed by atoms with Gasteiger partial charge in [0.15, 0.2) is 0 Å². The van der Waals surface area contributed by atoms with Crippen LogP contribution in [0, 0.1) is 18.8 Å². The van der Waals surface area contributed by atoms with Gasteiger partial charge < -0.3 is 15.5 Å². The van der Waals surface area contributed by atoms with E-state index in [1.165, 1.54) is 18.4 Å². The maximum absolute atomic E-state index is 12.5. The second-order valence-corrected chi connectivity index (χ2v) is 8.09. The lowest BCUT2D eigenvalue weighted by molar-refractivity contribution is -0.136. The lowest BCUT2D eigenvalue weighted by atomic mass is 9.92. The maximum atomic E-state index is 12.5. The van der Waals surface area contributed by atoms with Crippen molar-refractivity contribution in [3.63, 3.8) is 0 Å². The van der Waals surface area contributed by atoms with E-state index in [0.717, 1.165) is 37.9 Å². The van der Waals surface area contributed by atoms with Crippen molar-refractivity contribution in [3.8, 4) is 0 Å². The summed E-state index contributed by atoms with van der Waals surface area (Å²) in [6.07, 6.45) is 5.61. The zero-order valence-corrected chi connectivity index (χ0v) is 17.7. The third-order valence-electron chi connectivity index (χ3n) is 6.03. The first-order chi connectivity index (χ1) is 13.1. The molecular weight excluding hydrogens is 374 g/mol. The second kappa shape index (κ2) is 11.4.